The average Bonchev–Trinajstić information content (AvgIpc) is 2.45. The summed E-state index contributed by atoms with van der Waals surface area (Å²) in [4.78, 5) is 4.37. The third kappa shape index (κ3) is 4.30. The third-order valence-corrected chi connectivity index (χ3v) is 3.51. The molecule has 1 aromatic heterocycles. The lowest BCUT2D eigenvalue weighted by Crippen LogP contribution is -2.14. The van der Waals surface area contributed by atoms with Crippen LogP contribution in [0.15, 0.2) is 30.5 Å². The molecular formula is C18H24N2O. The van der Waals surface area contributed by atoms with Crippen LogP contribution in [0.3, 0.4) is 0 Å². The molecule has 112 valence electrons. The fourth-order valence-corrected chi connectivity index (χ4v) is 2.24. The van der Waals surface area contributed by atoms with Crippen molar-refractivity contribution in [3.63, 3.8) is 0 Å². The van der Waals surface area contributed by atoms with Crippen molar-refractivity contribution in [2.24, 2.45) is 0 Å². The SMILES string of the molecule is CCCNCc1cc(Oc2cc(C)cc(C)c2C)ccn1. The Kier molecular flexibility index (Phi) is 5.34. The van der Waals surface area contributed by atoms with Crippen LogP contribution in [0.1, 0.15) is 35.7 Å². The molecule has 0 aliphatic carbocycles. The molecule has 3 nitrogen and oxygen atoms in total. The largest absolute Gasteiger partial charge is 0.457 e. The molecule has 0 atom stereocenters. The van der Waals surface area contributed by atoms with E-state index in [4.69, 9.17) is 4.74 Å². The Labute approximate surface area is 127 Å². The lowest BCUT2D eigenvalue weighted by atomic mass is 10.1. The van der Waals surface area contributed by atoms with E-state index < -0.39 is 0 Å². The molecule has 1 aromatic carbocycles. The van der Waals surface area contributed by atoms with E-state index in [9.17, 15) is 0 Å². The van der Waals surface area contributed by atoms with E-state index in [0.29, 0.717) is 0 Å². The second-order valence-electron chi connectivity index (χ2n) is 5.47. The standard InChI is InChI=1S/C18H24N2O/c1-5-7-19-12-16-11-17(6-8-20-16)21-18-10-13(2)9-14(3)15(18)4/h6,8-11,19H,5,7,12H2,1-4H3. The number of rotatable bonds is 6. The molecule has 0 aliphatic heterocycles. The van der Waals surface area contributed by atoms with Crippen LogP contribution >= 0.6 is 0 Å². The van der Waals surface area contributed by atoms with Gasteiger partial charge in [-0.2, -0.15) is 0 Å². The number of pyridine rings is 1. The molecule has 0 spiro atoms. The number of benzene rings is 1. The molecule has 0 amide bonds. The first-order valence-electron chi connectivity index (χ1n) is 7.51. The number of hydrogen-bond donors (Lipinski definition) is 1. The third-order valence-electron chi connectivity index (χ3n) is 3.51. The highest BCUT2D eigenvalue weighted by Gasteiger charge is 2.06. The zero-order valence-corrected chi connectivity index (χ0v) is 13.4. The molecule has 0 radical (unpaired) electrons. The summed E-state index contributed by atoms with van der Waals surface area (Å²) in [5.41, 5.74) is 4.65. The molecule has 0 saturated heterocycles. The number of aromatic nitrogens is 1. The second-order valence-corrected chi connectivity index (χ2v) is 5.47. The predicted molar refractivity (Wildman–Crippen MR) is 87.0 cm³/mol. The molecule has 0 unspecified atom stereocenters. The van der Waals surface area contributed by atoms with E-state index in [1.807, 2.05) is 12.1 Å². The molecule has 21 heavy (non-hydrogen) atoms. The van der Waals surface area contributed by atoms with E-state index in [-0.39, 0.29) is 0 Å². The fraction of sp³-hybridized carbons (Fsp3) is 0.389. The Balaban J connectivity index is 2.14. The molecular weight excluding hydrogens is 260 g/mol. The van der Waals surface area contributed by atoms with Gasteiger partial charge in [-0.3, -0.25) is 4.98 Å². The second kappa shape index (κ2) is 7.23. The Morgan fingerprint density at radius 2 is 1.95 bits per heavy atom. The van der Waals surface area contributed by atoms with Crippen LogP contribution in [0.25, 0.3) is 0 Å². The monoisotopic (exact) mass is 284 g/mol. The molecule has 0 saturated carbocycles. The van der Waals surface area contributed by atoms with Gasteiger partial charge in [0, 0.05) is 18.8 Å². The van der Waals surface area contributed by atoms with E-state index in [0.717, 1.165) is 36.7 Å². The Hall–Kier alpha value is -1.87. The van der Waals surface area contributed by atoms with Crippen LogP contribution in [0, 0.1) is 20.8 Å². The zero-order chi connectivity index (χ0) is 15.2. The number of hydrogen-bond acceptors (Lipinski definition) is 3. The molecule has 1 N–H and O–H groups in total. The summed E-state index contributed by atoms with van der Waals surface area (Å²) in [5, 5.41) is 3.35. The van der Waals surface area contributed by atoms with Gasteiger partial charge < -0.3 is 10.1 Å². The minimum atomic E-state index is 0.775. The van der Waals surface area contributed by atoms with E-state index in [1.54, 1.807) is 6.20 Å². The zero-order valence-electron chi connectivity index (χ0n) is 13.4. The van der Waals surface area contributed by atoms with Crippen LogP contribution in [0.5, 0.6) is 11.5 Å². The fourth-order valence-electron chi connectivity index (χ4n) is 2.24. The van der Waals surface area contributed by atoms with Crippen LogP contribution in [0.2, 0.25) is 0 Å². The summed E-state index contributed by atoms with van der Waals surface area (Å²) in [7, 11) is 0. The predicted octanol–water partition coefficient (Wildman–Crippen LogP) is 4.30. The van der Waals surface area contributed by atoms with Crippen molar-refractivity contribution in [2.45, 2.75) is 40.7 Å². The summed E-state index contributed by atoms with van der Waals surface area (Å²) >= 11 is 0. The minimum absolute atomic E-state index is 0.775. The lowest BCUT2D eigenvalue weighted by molar-refractivity contribution is 0.475. The molecule has 1 heterocycles. The summed E-state index contributed by atoms with van der Waals surface area (Å²) < 4.78 is 6.05. The van der Waals surface area contributed by atoms with E-state index in [1.165, 1.54) is 16.7 Å². The summed E-state index contributed by atoms with van der Waals surface area (Å²) in [6.45, 7) is 10.2. The summed E-state index contributed by atoms with van der Waals surface area (Å²) in [6.07, 6.45) is 2.92. The van der Waals surface area contributed by atoms with Crippen molar-refractivity contribution in [3.05, 3.63) is 52.8 Å². The topological polar surface area (TPSA) is 34.1 Å². The maximum atomic E-state index is 6.05. The summed E-state index contributed by atoms with van der Waals surface area (Å²) in [6, 6.07) is 8.16. The number of aryl methyl sites for hydroxylation is 2. The van der Waals surface area contributed by atoms with Crippen LogP contribution in [-0.2, 0) is 6.54 Å². The van der Waals surface area contributed by atoms with Crippen LogP contribution in [0.4, 0.5) is 0 Å². The maximum Gasteiger partial charge on any atom is 0.130 e. The first-order valence-corrected chi connectivity index (χ1v) is 7.51. The van der Waals surface area contributed by atoms with Crippen molar-refractivity contribution >= 4 is 0 Å². The highest BCUT2D eigenvalue weighted by molar-refractivity contribution is 5.44. The first kappa shape index (κ1) is 15.5. The van der Waals surface area contributed by atoms with Crippen molar-refractivity contribution in [1.82, 2.24) is 10.3 Å². The smallest absolute Gasteiger partial charge is 0.130 e. The quantitative estimate of drug-likeness (QED) is 0.803. The highest BCUT2D eigenvalue weighted by atomic mass is 16.5. The average molecular weight is 284 g/mol. The number of nitrogens with one attached hydrogen (secondary N) is 1. The Morgan fingerprint density at radius 1 is 1.14 bits per heavy atom. The van der Waals surface area contributed by atoms with Gasteiger partial charge in [-0.15, -0.1) is 0 Å². The highest BCUT2D eigenvalue weighted by Crippen LogP contribution is 2.28. The van der Waals surface area contributed by atoms with Gasteiger partial charge in [-0.1, -0.05) is 13.0 Å². The minimum Gasteiger partial charge on any atom is -0.457 e. The van der Waals surface area contributed by atoms with Gasteiger partial charge in [0.1, 0.15) is 11.5 Å². The van der Waals surface area contributed by atoms with Gasteiger partial charge in [-0.25, -0.2) is 0 Å². The molecule has 0 bridgehead atoms. The lowest BCUT2D eigenvalue weighted by Gasteiger charge is -2.12. The summed E-state index contributed by atoms with van der Waals surface area (Å²) in [5.74, 6) is 1.76. The van der Waals surface area contributed by atoms with Crippen molar-refractivity contribution in [3.8, 4) is 11.5 Å². The van der Waals surface area contributed by atoms with Crippen molar-refractivity contribution in [2.75, 3.05) is 6.54 Å². The first-order chi connectivity index (χ1) is 10.1. The molecule has 2 aromatic rings. The number of nitrogens with zero attached hydrogens (tertiary/aromatic N) is 1. The van der Waals surface area contributed by atoms with E-state index in [2.05, 4.69) is 50.1 Å². The van der Waals surface area contributed by atoms with Gasteiger partial charge in [0.25, 0.3) is 0 Å². The number of ether oxygens (including phenoxy) is 1. The van der Waals surface area contributed by atoms with Gasteiger partial charge in [0.05, 0.1) is 5.69 Å². The van der Waals surface area contributed by atoms with Crippen LogP contribution < -0.4 is 10.1 Å². The normalized spacial score (nSPS) is 10.7. The van der Waals surface area contributed by atoms with Gasteiger partial charge in [0.2, 0.25) is 0 Å². The maximum absolute atomic E-state index is 6.05. The van der Waals surface area contributed by atoms with Gasteiger partial charge >= 0.3 is 0 Å². The van der Waals surface area contributed by atoms with Gasteiger partial charge in [0.15, 0.2) is 0 Å². The Morgan fingerprint density at radius 3 is 2.71 bits per heavy atom. The van der Waals surface area contributed by atoms with E-state index >= 15 is 0 Å². The van der Waals surface area contributed by atoms with Crippen molar-refractivity contribution < 1.29 is 4.74 Å². The van der Waals surface area contributed by atoms with Gasteiger partial charge in [-0.05, 0) is 62.6 Å². The molecule has 0 fully saturated rings. The molecule has 2 rings (SSSR count). The Bertz CT molecular complexity index is 608. The molecule has 0 aliphatic rings. The molecule has 3 heteroatoms. The van der Waals surface area contributed by atoms with Crippen molar-refractivity contribution in [1.29, 1.82) is 0 Å². The van der Waals surface area contributed by atoms with Crippen LogP contribution in [-0.4, -0.2) is 11.5 Å².